The van der Waals surface area contributed by atoms with Crippen LogP contribution in [0.5, 0.6) is 5.75 Å². The summed E-state index contributed by atoms with van der Waals surface area (Å²) in [4.78, 5) is 25.6. The molecule has 33 heavy (non-hydrogen) atoms. The highest BCUT2D eigenvalue weighted by molar-refractivity contribution is 6.31. The number of aromatic nitrogens is 2. The fraction of sp³-hybridized carbons (Fsp3) is 0.522. The lowest BCUT2D eigenvalue weighted by molar-refractivity contribution is 0.0820. The Morgan fingerprint density at radius 3 is 2.64 bits per heavy atom. The lowest BCUT2D eigenvalue weighted by Gasteiger charge is -2.32. The average Bonchev–Trinajstić information content (AvgIpc) is 2.81. The number of halogens is 1. The molecule has 1 saturated heterocycles. The van der Waals surface area contributed by atoms with Gasteiger partial charge in [-0.2, -0.15) is 0 Å². The van der Waals surface area contributed by atoms with Crippen molar-refractivity contribution in [2.75, 3.05) is 59.5 Å². The van der Waals surface area contributed by atoms with E-state index >= 15 is 0 Å². The van der Waals surface area contributed by atoms with Gasteiger partial charge in [0, 0.05) is 63.6 Å². The zero-order chi connectivity index (χ0) is 24.0. The van der Waals surface area contributed by atoms with Crippen molar-refractivity contribution >= 4 is 23.3 Å². The minimum atomic E-state index is -0.658. The van der Waals surface area contributed by atoms with Crippen LogP contribution in [0.1, 0.15) is 23.3 Å². The van der Waals surface area contributed by atoms with Crippen LogP contribution in [0.3, 0.4) is 0 Å². The van der Waals surface area contributed by atoms with Gasteiger partial charge in [0.05, 0.1) is 0 Å². The van der Waals surface area contributed by atoms with Gasteiger partial charge in [-0.05, 0) is 38.1 Å². The highest BCUT2D eigenvalue weighted by Crippen LogP contribution is 2.29. The zero-order valence-corrected chi connectivity index (χ0v) is 20.3. The number of rotatable bonds is 9. The second-order valence-electron chi connectivity index (χ2n) is 8.29. The Bertz CT molecular complexity index is 952. The van der Waals surface area contributed by atoms with Crippen LogP contribution >= 0.6 is 11.6 Å². The summed E-state index contributed by atoms with van der Waals surface area (Å²) < 4.78 is 11.2. The standard InChI is InChI=1S/C23H32ClN5O4/c1-25-13-18(30)14-33-19-10-15(9-16(24)11-19)22-26-20(23(31)28(2)3)12-21(27-22)29(4)17-5-7-32-8-6-17/h9-12,17-18,25,30H,5-8,13-14H2,1-4H3. The van der Waals surface area contributed by atoms with E-state index in [0.29, 0.717) is 53.4 Å². The molecule has 1 atom stereocenters. The van der Waals surface area contributed by atoms with Gasteiger partial charge >= 0.3 is 0 Å². The Morgan fingerprint density at radius 2 is 1.97 bits per heavy atom. The van der Waals surface area contributed by atoms with Gasteiger partial charge in [0.2, 0.25) is 0 Å². The van der Waals surface area contributed by atoms with Crippen molar-refractivity contribution in [3.63, 3.8) is 0 Å². The van der Waals surface area contributed by atoms with E-state index < -0.39 is 6.10 Å². The van der Waals surface area contributed by atoms with Gasteiger partial charge in [-0.1, -0.05) is 11.6 Å². The first kappa shape index (κ1) is 25.2. The van der Waals surface area contributed by atoms with Crippen molar-refractivity contribution in [1.82, 2.24) is 20.2 Å². The van der Waals surface area contributed by atoms with Crippen molar-refractivity contribution in [3.8, 4) is 17.1 Å². The summed E-state index contributed by atoms with van der Waals surface area (Å²) in [6.07, 6.45) is 1.11. The number of aliphatic hydroxyl groups excluding tert-OH is 1. The van der Waals surface area contributed by atoms with Crippen LogP contribution in [0.2, 0.25) is 5.02 Å². The van der Waals surface area contributed by atoms with Crippen molar-refractivity contribution < 1.29 is 19.4 Å². The van der Waals surface area contributed by atoms with Gasteiger partial charge in [-0.3, -0.25) is 4.79 Å². The summed E-state index contributed by atoms with van der Waals surface area (Å²) in [6, 6.07) is 7.14. The van der Waals surface area contributed by atoms with E-state index in [1.165, 1.54) is 4.90 Å². The summed E-state index contributed by atoms with van der Waals surface area (Å²) in [5.74, 6) is 1.30. The van der Waals surface area contributed by atoms with E-state index in [2.05, 4.69) is 15.2 Å². The van der Waals surface area contributed by atoms with Crippen molar-refractivity contribution in [2.24, 2.45) is 0 Å². The maximum absolute atomic E-state index is 12.8. The fourth-order valence-corrected chi connectivity index (χ4v) is 3.83. The van der Waals surface area contributed by atoms with E-state index in [1.807, 2.05) is 7.05 Å². The van der Waals surface area contributed by atoms with Crippen LogP contribution in [0.25, 0.3) is 11.4 Å². The number of carbonyl (C=O) groups is 1. The molecular formula is C23H32ClN5O4. The number of benzene rings is 1. The maximum Gasteiger partial charge on any atom is 0.272 e. The Morgan fingerprint density at radius 1 is 1.24 bits per heavy atom. The van der Waals surface area contributed by atoms with E-state index in [9.17, 15) is 9.90 Å². The number of amides is 1. The monoisotopic (exact) mass is 477 g/mol. The predicted octanol–water partition coefficient (Wildman–Crippen LogP) is 2.07. The van der Waals surface area contributed by atoms with E-state index in [0.717, 1.165) is 12.8 Å². The van der Waals surface area contributed by atoms with Crippen LogP contribution < -0.4 is 15.0 Å². The predicted molar refractivity (Wildman–Crippen MR) is 128 cm³/mol. The third-order valence-corrected chi connectivity index (χ3v) is 5.67. The van der Waals surface area contributed by atoms with Gasteiger partial charge in [0.1, 0.15) is 30.0 Å². The highest BCUT2D eigenvalue weighted by atomic mass is 35.5. The third kappa shape index (κ3) is 6.77. The molecule has 1 amide bonds. The molecule has 0 radical (unpaired) electrons. The minimum Gasteiger partial charge on any atom is -0.491 e. The molecule has 3 rings (SSSR count). The Balaban J connectivity index is 1.97. The van der Waals surface area contributed by atoms with Crippen LogP contribution in [0, 0.1) is 0 Å². The summed E-state index contributed by atoms with van der Waals surface area (Å²) >= 11 is 6.34. The molecule has 1 fully saturated rings. The van der Waals surface area contributed by atoms with Crippen molar-refractivity contribution in [2.45, 2.75) is 25.0 Å². The first-order valence-corrected chi connectivity index (χ1v) is 11.3. The van der Waals surface area contributed by atoms with Gasteiger partial charge in [0.25, 0.3) is 5.91 Å². The lowest BCUT2D eigenvalue weighted by atomic mass is 10.1. The molecule has 2 heterocycles. The van der Waals surface area contributed by atoms with Crippen LogP contribution in [0.15, 0.2) is 24.3 Å². The maximum atomic E-state index is 12.8. The normalized spacial score (nSPS) is 15.2. The molecule has 9 nitrogen and oxygen atoms in total. The molecule has 2 N–H and O–H groups in total. The quantitative estimate of drug-likeness (QED) is 0.566. The number of hydrogen-bond acceptors (Lipinski definition) is 8. The van der Waals surface area contributed by atoms with Crippen molar-refractivity contribution in [1.29, 1.82) is 0 Å². The molecule has 1 aliphatic heterocycles. The van der Waals surface area contributed by atoms with E-state index in [-0.39, 0.29) is 18.6 Å². The van der Waals surface area contributed by atoms with Crippen LogP contribution in [0.4, 0.5) is 5.82 Å². The summed E-state index contributed by atoms with van der Waals surface area (Å²) in [7, 11) is 7.11. The molecule has 1 aromatic heterocycles. The molecule has 0 spiro atoms. The molecule has 1 aliphatic rings. The van der Waals surface area contributed by atoms with Crippen LogP contribution in [-0.2, 0) is 4.74 Å². The van der Waals surface area contributed by atoms with Gasteiger partial charge in [-0.15, -0.1) is 0 Å². The topological polar surface area (TPSA) is 100 Å². The molecule has 1 unspecified atom stereocenters. The molecule has 2 aromatic rings. The number of carbonyl (C=O) groups excluding carboxylic acids is 1. The minimum absolute atomic E-state index is 0.109. The number of nitrogens with one attached hydrogen (secondary N) is 1. The first-order valence-electron chi connectivity index (χ1n) is 11.0. The Hall–Kier alpha value is -2.46. The Kier molecular flexibility index (Phi) is 8.85. The number of ether oxygens (including phenoxy) is 2. The third-order valence-electron chi connectivity index (χ3n) is 5.45. The summed E-state index contributed by atoms with van der Waals surface area (Å²) in [5, 5.41) is 13.3. The van der Waals surface area contributed by atoms with Gasteiger partial charge < -0.3 is 29.7 Å². The molecule has 10 heteroatoms. The highest BCUT2D eigenvalue weighted by Gasteiger charge is 2.23. The van der Waals surface area contributed by atoms with E-state index in [1.54, 1.807) is 45.4 Å². The second kappa shape index (κ2) is 11.6. The smallest absolute Gasteiger partial charge is 0.272 e. The molecule has 0 saturated carbocycles. The molecule has 180 valence electrons. The summed E-state index contributed by atoms with van der Waals surface area (Å²) in [5.41, 5.74) is 0.918. The number of nitrogens with zero attached hydrogens (tertiary/aromatic N) is 4. The molecule has 1 aromatic carbocycles. The Labute approximate surface area is 199 Å². The number of anilines is 1. The first-order chi connectivity index (χ1) is 15.8. The van der Waals surface area contributed by atoms with Gasteiger partial charge in [0.15, 0.2) is 5.82 Å². The molecule has 0 bridgehead atoms. The van der Waals surface area contributed by atoms with E-state index in [4.69, 9.17) is 26.1 Å². The average molecular weight is 478 g/mol. The van der Waals surface area contributed by atoms with Crippen LogP contribution in [-0.4, -0.2) is 92.6 Å². The second-order valence-corrected chi connectivity index (χ2v) is 8.72. The SMILES string of the molecule is CNCC(O)COc1cc(Cl)cc(-c2nc(C(=O)N(C)C)cc(N(C)C3CCOCC3)n2)c1. The lowest BCUT2D eigenvalue weighted by Crippen LogP contribution is -2.37. The van der Waals surface area contributed by atoms with Crippen molar-refractivity contribution in [3.05, 3.63) is 35.0 Å². The van der Waals surface area contributed by atoms with Gasteiger partial charge in [-0.25, -0.2) is 9.97 Å². The summed E-state index contributed by atoms with van der Waals surface area (Å²) in [6.45, 7) is 1.92. The molecular weight excluding hydrogens is 446 g/mol. The number of aliphatic hydroxyl groups is 1. The number of likely N-dealkylation sites (N-methyl/N-ethyl adjacent to an activating group) is 1. The largest absolute Gasteiger partial charge is 0.491 e. The molecule has 0 aliphatic carbocycles. The number of hydrogen-bond donors (Lipinski definition) is 2. The fourth-order valence-electron chi connectivity index (χ4n) is 3.60. The zero-order valence-electron chi connectivity index (χ0n) is 19.5.